The van der Waals surface area contributed by atoms with Crippen LogP contribution in [0.1, 0.15) is 48.0 Å². The predicted octanol–water partition coefficient (Wildman–Crippen LogP) is 5.27. The largest absolute Gasteiger partial charge is 0.494 e. The first kappa shape index (κ1) is 18.5. The van der Waals surface area contributed by atoms with Crippen LogP contribution in [-0.4, -0.2) is 18.7 Å². The number of rotatable bonds is 7. The van der Waals surface area contributed by atoms with Crippen LogP contribution in [0.25, 0.3) is 0 Å². The van der Waals surface area contributed by atoms with Crippen LogP contribution in [0.4, 0.5) is 0 Å². The first-order valence-corrected chi connectivity index (χ1v) is 8.55. The molecule has 0 aliphatic heterocycles. The van der Waals surface area contributed by atoms with E-state index in [9.17, 15) is 0 Å². The molecule has 2 nitrogen and oxygen atoms in total. The molecule has 0 aromatic heterocycles. The lowest BCUT2D eigenvalue weighted by Crippen LogP contribution is -2.45. The van der Waals surface area contributed by atoms with E-state index in [4.69, 9.17) is 4.74 Å². The summed E-state index contributed by atoms with van der Waals surface area (Å²) in [7, 11) is 0. The number of nitrogens with one attached hydrogen (secondary N) is 1. The minimum Gasteiger partial charge on any atom is -0.494 e. The molecular formula is C18H30BrNO. The SMILES string of the molecule is CC(C)C(C)(CCOc1ccc(Br)cc1)CNC(C)(C)C. The van der Waals surface area contributed by atoms with Gasteiger partial charge in [0, 0.05) is 16.6 Å². The minimum atomic E-state index is 0.155. The molecule has 1 N–H and O–H groups in total. The summed E-state index contributed by atoms with van der Waals surface area (Å²) in [6.07, 6.45) is 1.05. The molecule has 0 saturated heterocycles. The molecule has 1 atom stereocenters. The third-order valence-corrected chi connectivity index (χ3v) is 4.70. The molecule has 1 aromatic rings. The highest BCUT2D eigenvalue weighted by Gasteiger charge is 2.29. The standard InChI is InChI=1S/C18H30BrNO/c1-14(2)18(6,13-20-17(3,4)5)11-12-21-16-9-7-15(19)8-10-16/h7-10,14,20H,11-13H2,1-6H3. The van der Waals surface area contributed by atoms with Gasteiger partial charge in [-0.1, -0.05) is 36.7 Å². The van der Waals surface area contributed by atoms with Crippen molar-refractivity contribution in [2.75, 3.05) is 13.2 Å². The van der Waals surface area contributed by atoms with E-state index in [1.54, 1.807) is 0 Å². The lowest BCUT2D eigenvalue weighted by molar-refractivity contribution is 0.139. The topological polar surface area (TPSA) is 21.3 Å². The van der Waals surface area contributed by atoms with Crippen LogP contribution in [0.5, 0.6) is 5.75 Å². The Morgan fingerprint density at radius 3 is 2.14 bits per heavy atom. The van der Waals surface area contributed by atoms with E-state index in [0.717, 1.165) is 29.8 Å². The molecule has 0 amide bonds. The van der Waals surface area contributed by atoms with E-state index in [2.05, 4.69) is 62.8 Å². The second kappa shape index (κ2) is 7.64. The van der Waals surface area contributed by atoms with Gasteiger partial charge in [-0.3, -0.25) is 0 Å². The monoisotopic (exact) mass is 355 g/mol. The van der Waals surface area contributed by atoms with Crippen LogP contribution < -0.4 is 10.1 Å². The van der Waals surface area contributed by atoms with Crippen molar-refractivity contribution in [2.24, 2.45) is 11.3 Å². The average Bonchev–Trinajstić information content (AvgIpc) is 2.38. The third-order valence-electron chi connectivity index (χ3n) is 4.17. The Balaban J connectivity index is 2.52. The van der Waals surface area contributed by atoms with Crippen LogP contribution >= 0.6 is 15.9 Å². The summed E-state index contributed by atoms with van der Waals surface area (Å²) in [4.78, 5) is 0. The lowest BCUT2D eigenvalue weighted by atomic mass is 9.76. The molecule has 0 aliphatic carbocycles. The normalized spacial score (nSPS) is 15.0. The van der Waals surface area contributed by atoms with Crippen LogP contribution in [-0.2, 0) is 0 Å². The van der Waals surface area contributed by atoms with Crippen LogP contribution in [0.15, 0.2) is 28.7 Å². The van der Waals surface area contributed by atoms with E-state index < -0.39 is 0 Å². The molecule has 0 radical (unpaired) electrons. The van der Waals surface area contributed by atoms with Gasteiger partial charge < -0.3 is 10.1 Å². The molecule has 120 valence electrons. The Hall–Kier alpha value is -0.540. The molecule has 1 unspecified atom stereocenters. The molecule has 0 fully saturated rings. The molecule has 1 rings (SSSR count). The Labute approximate surface area is 138 Å². The Morgan fingerprint density at radius 2 is 1.67 bits per heavy atom. The summed E-state index contributed by atoms with van der Waals surface area (Å²) in [5.74, 6) is 1.55. The summed E-state index contributed by atoms with van der Waals surface area (Å²) in [6.45, 7) is 15.3. The van der Waals surface area contributed by atoms with E-state index >= 15 is 0 Å². The van der Waals surface area contributed by atoms with Crippen LogP contribution in [0, 0.1) is 11.3 Å². The Morgan fingerprint density at radius 1 is 1.10 bits per heavy atom. The summed E-state index contributed by atoms with van der Waals surface area (Å²) in [5.41, 5.74) is 0.394. The molecular weight excluding hydrogens is 326 g/mol. The summed E-state index contributed by atoms with van der Waals surface area (Å²) < 4.78 is 6.97. The lowest BCUT2D eigenvalue weighted by Gasteiger charge is -2.37. The highest BCUT2D eigenvalue weighted by molar-refractivity contribution is 9.10. The molecule has 3 heteroatoms. The molecule has 1 aromatic carbocycles. The average molecular weight is 356 g/mol. The van der Waals surface area contributed by atoms with Gasteiger partial charge in [0.05, 0.1) is 6.61 Å². The zero-order chi connectivity index (χ0) is 16.1. The van der Waals surface area contributed by atoms with Crippen molar-refractivity contribution in [3.63, 3.8) is 0 Å². The highest BCUT2D eigenvalue weighted by atomic mass is 79.9. The zero-order valence-electron chi connectivity index (χ0n) is 14.3. The van der Waals surface area contributed by atoms with Crippen molar-refractivity contribution in [2.45, 2.75) is 53.5 Å². The van der Waals surface area contributed by atoms with Crippen molar-refractivity contribution in [3.05, 3.63) is 28.7 Å². The quantitative estimate of drug-likeness (QED) is 0.719. The Bertz CT molecular complexity index is 422. The van der Waals surface area contributed by atoms with Gasteiger partial charge in [-0.25, -0.2) is 0 Å². The molecule has 0 spiro atoms. The molecule has 0 saturated carbocycles. The van der Waals surface area contributed by atoms with Gasteiger partial charge in [0.15, 0.2) is 0 Å². The van der Waals surface area contributed by atoms with Gasteiger partial charge in [-0.05, 0) is 62.8 Å². The van der Waals surface area contributed by atoms with Crippen molar-refractivity contribution in [1.29, 1.82) is 0 Å². The van der Waals surface area contributed by atoms with E-state index in [1.165, 1.54) is 0 Å². The van der Waals surface area contributed by atoms with Crippen molar-refractivity contribution < 1.29 is 4.74 Å². The first-order valence-electron chi connectivity index (χ1n) is 7.76. The number of halogens is 1. The van der Waals surface area contributed by atoms with E-state index in [0.29, 0.717) is 5.92 Å². The molecule has 0 aliphatic rings. The number of benzene rings is 1. The van der Waals surface area contributed by atoms with Crippen LogP contribution in [0.3, 0.4) is 0 Å². The third kappa shape index (κ3) is 6.84. The summed E-state index contributed by atoms with van der Waals surface area (Å²) >= 11 is 3.44. The summed E-state index contributed by atoms with van der Waals surface area (Å²) in [6, 6.07) is 8.03. The van der Waals surface area contributed by atoms with Gasteiger partial charge in [0.25, 0.3) is 0 Å². The maximum atomic E-state index is 5.89. The smallest absolute Gasteiger partial charge is 0.119 e. The van der Waals surface area contributed by atoms with Gasteiger partial charge in [0.1, 0.15) is 5.75 Å². The number of hydrogen-bond acceptors (Lipinski definition) is 2. The second-order valence-corrected chi connectivity index (χ2v) is 8.38. The van der Waals surface area contributed by atoms with Crippen molar-refractivity contribution in [1.82, 2.24) is 5.32 Å². The predicted molar refractivity (Wildman–Crippen MR) is 95.0 cm³/mol. The summed E-state index contributed by atoms with van der Waals surface area (Å²) in [5, 5.41) is 3.64. The zero-order valence-corrected chi connectivity index (χ0v) is 15.9. The van der Waals surface area contributed by atoms with Gasteiger partial charge in [-0.2, -0.15) is 0 Å². The fourth-order valence-electron chi connectivity index (χ4n) is 1.98. The van der Waals surface area contributed by atoms with Gasteiger partial charge in [-0.15, -0.1) is 0 Å². The van der Waals surface area contributed by atoms with Crippen LogP contribution in [0.2, 0.25) is 0 Å². The highest BCUT2D eigenvalue weighted by Crippen LogP contribution is 2.31. The minimum absolute atomic E-state index is 0.155. The van der Waals surface area contributed by atoms with Gasteiger partial charge >= 0.3 is 0 Å². The van der Waals surface area contributed by atoms with E-state index in [1.807, 2.05) is 24.3 Å². The molecule has 21 heavy (non-hydrogen) atoms. The van der Waals surface area contributed by atoms with Gasteiger partial charge in [0.2, 0.25) is 0 Å². The maximum Gasteiger partial charge on any atom is 0.119 e. The van der Waals surface area contributed by atoms with Crippen molar-refractivity contribution in [3.8, 4) is 5.75 Å². The number of ether oxygens (including phenoxy) is 1. The fourth-order valence-corrected chi connectivity index (χ4v) is 2.25. The van der Waals surface area contributed by atoms with E-state index in [-0.39, 0.29) is 11.0 Å². The van der Waals surface area contributed by atoms with Crippen molar-refractivity contribution >= 4 is 15.9 Å². The maximum absolute atomic E-state index is 5.89. The second-order valence-electron chi connectivity index (χ2n) is 7.46. The molecule has 0 bridgehead atoms. The first-order chi connectivity index (χ1) is 9.62. The molecule has 0 heterocycles. The Kier molecular flexibility index (Phi) is 6.73. The number of hydrogen-bond donors (Lipinski definition) is 1. The fraction of sp³-hybridized carbons (Fsp3) is 0.667.